The van der Waals surface area contributed by atoms with E-state index < -0.39 is 0 Å². The number of carbonyl (C=O) groups excluding carboxylic acids is 2. The molecule has 0 fully saturated rings. The van der Waals surface area contributed by atoms with E-state index in [1.165, 1.54) is 18.9 Å². The highest BCUT2D eigenvalue weighted by molar-refractivity contribution is 7.98. The largest absolute Gasteiger partial charge is 0.381 e. The zero-order valence-electron chi connectivity index (χ0n) is 34.5. The summed E-state index contributed by atoms with van der Waals surface area (Å²) in [5.41, 5.74) is 0.978. The van der Waals surface area contributed by atoms with Crippen LogP contribution in [-0.4, -0.2) is 154 Å². The van der Waals surface area contributed by atoms with Gasteiger partial charge in [-0.3, -0.25) is 9.59 Å². The number of Topliss-reactive ketones (excluding diaryl/α,β-unsaturated/α-hetero) is 1. The van der Waals surface area contributed by atoms with Crippen molar-refractivity contribution in [2.75, 3.05) is 132 Å². The number of ether oxygens (including phenoxy) is 9. The van der Waals surface area contributed by atoms with Crippen LogP contribution in [0.5, 0.6) is 0 Å². The summed E-state index contributed by atoms with van der Waals surface area (Å²) in [6.07, 6.45) is 20.2. The fourth-order valence-electron chi connectivity index (χ4n) is 4.89. The van der Waals surface area contributed by atoms with Crippen LogP contribution in [0.4, 0.5) is 0 Å². The number of thioether (sulfide) groups is 1. The van der Waals surface area contributed by atoms with Crippen molar-refractivity contribution in [2.45, 2.75) is 88.6 Å². The molecule has 15 heteroatoms. The fraction of sp³-hybridized carbons (Fsp3) is 0.805. The summed E-state index contributed by atoms with van der Waals surface area (Å²) in [6, 6.07) is 0. The van der Waals surface area contributed by atoms with Gasteiger partial charge in [0, 0.05) is 150 Å². The van der Waals surface area contributed by atoms with E-state index in [0.29, 0.717) is 131 Å². The van der Waals surface area contributed by atoms with Crippen molar-refractivity contribution in [1.82, 2.24) is 15.3 Å². The zero-order chi connectivity index (χ0) is 40.3. The van der Waals surface area contributed by atoms with Crippen LogP contribution in [0.2, 0.25) is 0 Å². The third kappa shape index (κ3) is 37.5. The predicted molar refractivity (Wildman–Crippen MR) is 219 cm³/mol. The second kappa shape index (κ2) is 42.6. The number of aromatic nitrogens is 2. The molecule has 1 aromatic heterocycles. The average Bonchev–Trinajstić information content (AvgIpc) is 3.20. The molecule has 1 heterocycles. The maximum atomic E-state index is 12.1. The highest BCUT2D eigenvalue weighted by atomic mass is 32.2. The van der Waals surface area contributed by atoms with E-state index in [-0.39, 0.29) is 12.5 Å². The van der Waals surface area contributed by atoms with E-state index in [0.717, 1.165) is 81.3 Å². The van der Waals surface area contributed by atoms with Crippen LogP contribution in [0.3, 0.4) is 0 Å². The van der Waals surface area contributed by atoms with Crippen molar-refractivity contribution >= 4 is 29.5 Å². The Morgan fingerprint density at radius 1 is 0.571 bits per heavy atom. The molecular formula is C41H73N3O11S. The molecule has 0 aliphatic carbocycles. The van der Waals surface area contributed by atoms with Gasteiger partial charge in [-0.1, -0.05) is 23.9 Å². The van der Waals surface area contributed by atoms with E-state index in [9.17, 15) is 9.59 Å². The van der Waals surface area contributed by atoms with Crippen molar-refractivity contribution in [3.05, 3.63) is 24.0 Å². The Morgan fingerprint density at radius 2 is 0.946 bits per heavy atom. The van der Waals surface area contributed by atoms with Gasteiger partial charge in [0.2, 0.25) is 5.91 Å². The number of hydrogen-bond acceptors (Lipinski definition) is 14. The number of allylic oxidation sites excluding steroid dienone is 1. The van der Waals surface area contributed by atoms with Crippen molar-refractivity contribution in [1.29, 1.82) is 0 Å². The maximum absolute atomic E-state index is 12.1. The molecule has 14 nitrogen and oxygen atoms in total. The Labute approximate surface area is 341 Å². The van der Waals surface area contributed by atoms with Crippen LogP contribution in [0, 0.1) is 0 Å². The monoisotopic (exact) mass is 815 g/mol. The summed E-state index contributed by atoms with van der Waals surface area (Å²) in [6.45, 7) is 11.5. The van der Waals surface area contributed by atoms with Gasteiger partial charge >= 0.3 is 0 Å². The van der Waals surface area contributed by atoms with Gasteiger partial charge in [0.05, 0.1) is 0 Å². The smallest absolute Gasteiger partial charge is 0.245 e. The lowest BCUT2D eigenvalue weighted by Gasteiger charge is -2.08. The number of amides is 1. The lowest BCUT2D eigenvalue weighted by molar-refractivity contribution is -0.124. The summed E-state index contributed by atoms with van der Waals surface area (Å²) in [7, 11) is 1.50. The maximum Gasteiger partial charge on any atom is 0.245 e. The van der Waals surface area contributed by atoms with Crippen LogP contribution in [0.15, 0.2) is 23.6 Å². The molecular weight excluding hydrogens is 743 g/mol. The molecule has 0 spiro atoms. The zero-order valence-corrected chi connectivity index (χ0v) is 35.3. The van der Waals surface area contributed by atoms with Crippen LogP contribution >= 0.6 is 11.8 Å². The summed E-state index contributed by atoms with van der Waals surface area (Å²) in [4.78, 5) is 31.8. The van der Waals surface area contributed by atoms with Gasteiger partial charge in [-0.05, 0) is 76.9 Å². The Kier molecular flexibility index (Phi) is 39.5. The van der Waals surface area contributed by atoms with E-state index >= 15 is 0 Å². The SMILES string of the molecule is COCC(=O)NCCCOCCCOCCCOCCCOCCCOCCCOCCCOCCCOCCCC(=O)CCC/C=C\c1cnc(SC)nc1. The molecule has 0 atom stereocenters. The first-order chi connectivity index (χ1) is 27.7. The quantitative estimate of drug-likeness (QED) is 0.0483. The van der Waals surface area contributed by atoms with Gasteiger partial charge in [0.1, 0.15) is 12.4 Å². The van der Waals surface area contributed by atoms with E-state index in [1.807, 2.05) is 24.7 Å². The molecule has 0 bridgehead atoms. The van der Waals surface area contributed by atoms with Gasteiger partial charge < -0.3 is 47.9 Å². The predicted octanol–water partition coefficient (Wildman–Crippen LogP) is 5.75. The standard InChI is InChI=1S/C41H73N3O11S/c1-47-37-40(46)42-18-7-20-49-22-9-24-51-26-11-28-53-30-13-32-55-34-14-33-54-31-12-29-52-27-10-25-50-23-8-21-48-19-6-17-39(45)16-5-3-4-15-38-35-43-41(56-2)44-36-38/h4,15,35-36H,3,5-14,16-34,37H2,1-2H3,(H,42,46)/b15-4-. The first-order valence-corrected chi connectivity index (χ1v) is 21.8. The van der Waals surface area contributed by atoms with Crippen LogP contribution in [0.1, 0.15) is 89.0 Å². The van der Waals surface area contributed by atoms with Gasteiger partial charge in [0.25, 0.3) is 0 Å². The molecule has 1 aromatic rings. The topological polar surface area (TPSA) is 155 Å². The number of nitrogens with zero attached hydrogens (tertiary/aromatic N) is 2. The van der Waals surface area contributed by atoms with E-state index in [4.69, 9.17) is 42.6 Å². The Hall–Kier alpha value is -2.05. The number of nitrogens with one attached hydrogen (secondary N) is 1. The first kappa shape index (κ1) is 52.0. The molecule has 1 amide bonds. The molecule has 0 radical (unpaired) electrons. The van der Waals surface area contributed by atoms with E-state index in [1.54, 1.807) is 0 Å². The van der Waals surface area contributed by atoms with Gasteiger partial charge in [-0.15, -0.1) is 0 Å². The lowest BCUT2D eigenvalue weighted by atomic mass is 10.1. The second-order valence-electron chi connectivity index (χ2n) is 13.0. The highest BCUT2D eigenvalue weighted by Gasteiger charge is 2.02. The third-order valence-electron chi connectivity index (χ3n) is 7.82. The minimum absolute atomic E-state index is 0.0921. The minimum Gasteiger partial charge on any atom is -0.381 e. The molecule has 0 unspecified atom stereocenters. The Balaban J connectivity index is 1.66. The van der Waals surface area contributed by atoms with Gasteiger partial charge in [-0.25, -0.2) is 9.97 Å². The van der Waals surface area contributed by atoms with Crippen molar-refractivity contribution in [2.24, 2.45) is 0 Å². The molecule has 0 aliphatic heterocycles. The average molecular weight is 816 g/mol. The molecule has 1 rings (SSSR count). The van der Waals surface area contributed by atoms with E-state index in [2.05, 4.69) is 21.4 Å². The number of hydrogen-bond donors (Lipinski definition) is 1. The number of methoxy groups -OCH3 is 1. The molecule has 1 N–H and O–H groups in total. The summed E-state index contributed by atoms with van der Waals surface area (Å²) < 4.78 is 49.8. The normalized spacial score (nSPS) is 11.5. The van der Waals surface area contributed by atoms with Gasteiger partial charge in [-0.2, -0.15) is 0 Å². The van der Waals surface area contributed by atoms with Crippen LogP contribution in [0.25, 0.3) is 6.08 Å². The molecule has 0 aliphatic rings. The summed E-state index contributed by atoms with van der Waals surface area (Å²) in [5, 5.41) is 3.53. The van der Waals surface area contributed by atoms with Gasteiger partial charge in [0.15, 0.2) is 5.16 Å². The Bertz CT molecular complexity index is 1040. The van der Waals surface area contributed by atoms with Crippen molar-refractivity contribution in [3.8, 4) is 0 Å². The fourth-order valence-corrected chi connectivity index (χ4v) is 5.21. The van der Waals surface area contributed by atoms with Crippen molar-refractivity contribution < 1.29 is 52.2 Å². The van der Waals surface area contributed by atoms with Crippen molar-refractivity contribution in [3.63, 3.8) is 0 Å². The highest BCUT2D eigenvalue weighted by Crippen LogP contribution is 2.09. The summed E-state index contributed by atoms with van der Waals surface area (Å²) in [5.74, 6) is 0.192. The molecule has 56 heavy (non-hydrogen) atoms. The van der Waals surface area contributed by atoms with Crippen LogP contribution < -0.4 is 5.32 Å². The number of carbonyl (C=O) groups is 2. The minimum atomic E-state index is -0.105. The summed E-state index contributed by atoms with van der Waals surface area (Å²) >= 11 is 1.52. The Morgan fingerprint density at radius 3 is 1.34 bits per heavy atom. The second-order valence-corrected chi connectivity index (χ2v) is 13.7. The molecule has 0 saturated heterocycles. The number of rotatable bonds is 44. The third-order valence-corrected chi connectivity index (χ3v) is 8.39. The number of unbranched alkanes of at least 4 members (excludes halogenated alkanes) is 1. The lowest BCUT2D eigenvalue weighted by Crippen LogP contribution is -2.28. The number of ketones is 1. The molecule has 0 aromatic carbocycles. The van der Waals surface area contributed by atoms with Crippen LogP contribution in [-0.2, 0) is 52.2 Å². The first-order valence-electron chi connectivity index (χ1n) is 20.6. The molecule has 324 valence electrons. The molecule has 0 saturated carbocycles.